The van der Waals surface area contributed by atoms with Gasteiger partial charge in [-0.15, -0.1) is 0 Å². The van der Waals surface area contributed by atoms with Gasteiger partial charge in [0.2, 0.25) is 5.91 Å². The number of nitrogens with zero attached hydrogens (tertiary/aromatic N) is 2. The molecule has 0 aromatic heterocycles. The number of hydrogen-bond acceptors (Lipinski definition) is 3. The summed E-state index contributed by atoms with van der Waals surface area (Å²) >= 11 is 5.78. The van der Waals surface area contributed by atoms with Crippen LogP contribution in [0.5, 0.6) is 5.75 Å². The van der Waals surface area contributed by atoms with Crippen molar-refractivity contribution in [1.82, 2.24) is 4.90 Å². The van der Waals surface area contributed by atoms with Crippen molar-refractivity contribution < 1.29 is 9.53 Å². The number of aryl methyl sites for hydroxylation is 2. The number of benzene rings is 2. The van der Waals surface area contributed by atoms with Crippen LogP contribution < -0.4 is 9.64 Å². The number of amides is 1. The standard InChI is InChI=1S/C22H24N2O2S/c1-15-7-9-18(20(13-15)26-2)22(27)23-12-11-17(14-23)24-19-6-4-3-5-16(19)8-10-21(24)25/h3-7,9,13,17H,8,10-12,14H2,1-2H3. The number of hydrogen-bond donors (Lipinski definition) is 0. The van der Waals surface area contributed by atoms with Crippen LogP contribution in [0, 0.1) is 6.92 Å². The molecule has 0 spiro atoms. The Kier molecular flexibility index (Phi) is 4.87. The molecule has 1 saturated heterocycles. The van der Waals surface area contributed by atoms with E-state index >= 15 is 0 Å². The van der Waals surface area contributed by atoms with Crippen LogP contribution in [0.25, 0.3) is 0 Å². The van der Waals surface area contributed by atoms with Crippen LogP contribution in [0.4, 0.5) is 5.69 Å². The second-order valence-electron chi connectivity index (χ2n) is 7.29. The number of methoxy groups -OCH3 is 1. The van der Waals surface area contributed by atoms with Gasteiger partial charge in [0.05, 0.1) is 18.7 Å². The first-order chi connectivity index (χ1) is 13.1. The average molecular weight is 381 g/mol. The summed E-state index contributed by atoms with van der Waals surface area (Å²) in [5.41, 5.74) is 4.43. The summed E-state index contributed by atoms with van der Waals surface area (Å²) in [5, 5.41) is 0. The summed E-state index contributed by atoms with van der Waals surface area (Å²) < 4.78 is 5.53. The number of likely N-dealkylation sites (tertiary alicyclic amines) is 1. The van der Waals surface area contributed by atoms with Crippen LogP contribution in [-0.4, -0.2) is 42.0 Å². The second-order valence-corrected chi connectivity index (χ2v) is 7.68. The molecule has 2 aliphatic rings. The Morgan fingerprint density at radius 1 is 1.19 bits per heavy atom. The number of thiocarbonyl (C=S) groups is 1. The smallest absolute Gasteiger partial charge is 0.227 e. The monoisotopic (exact) mass is 380 g/mol. The van der Waals surface area contributed by atoms with E-state index in [1.165, 1.54) is 5.56 Å². The number of fused-ring (bicyclic) bond motifs is 1. The Bertz CT molecular complexity index is 896. The van der Waals surface area contributed by atoms with Crippen LogP contribution in [0.1, 0.15) is 29.5 Å². The minimum absolute atomic E-state index is 0.161. The minimum Gasteiger partial charge on any atom is -0.496 e. The molecule has 2 aliphatic heterocycles. The molecule has 4 rings (SSSR count). The molecule has 2 heterocycles. The van der Waals surface area contributed by atoms with Gasteiger partial charge in [-0.2, -0.15) is 0 Å². The third-order valence-electron chi connectivity index (χ3n) is 5.53. The number of carbonyl (C=O) groups excluding carboxylic acids is 1. The van der Waals surface area contributed by atoms with Crippen LogP contribution >= 0.6 is 12.2 Å². The lowest BCUT2D eigenvalue weighted by Crippen LogP contribution is -2.45. The molecule has 1 fully saturated rings. The summed E-state index contributed by atoms with van der Waals surface area (Å²) in [5.74, 6) is 1.03. The van der Waals surface area contributed by atoms with E-state index in [0.717, 1.165) is 53.5 Å². The zero-order valence-corrected chi connectivity index (χ0v) is 16.6. The van der Waals surface area contributed by atoms with E-state index in [9.17, 15) is 4.79 Å². The number of anilines is 1. The lowest BCUT2D eigenvalue weighted by molar-refractivity contribution is -0.119. The predicted octanol–water partition coefficient (Wildman–Crippen LogP) is 3.73. The van der Waals surface area contributed by atoms with Gasteiger partial charge < -0.3 is 14.5 Å². The van der Waals surface area contributed by atoms with Crippen molar-refractivity contribution in [3.63, 3.8) is 0 Å². The molecule has 0 N–H and O–H groups in total. The molecular formula is C22H24N2O2S. The molecule has 27 heavy (non-hydrogen) atoms. The van der Waals surface area contributed by atoms with E-state index in [-0.39, 0.29) is 11.9 Å². The highest BCUT2D eigenvalue weighted by Crippen LogP contribution is 2.33. The Balaban J connectivity index is 1.56. The highest BCUT2D eigenvalue weighted by atomic mass is 32.1. The lowest BCUT2D eigenvalue weighted by Gasteiger charge is -2.34. The zero-order chi connectivity index (χ0) is 19.0. The zero-order valence-electron chi connectivity index (χ0n) is 15.8. The van der Waals surface area contributed by atoms with Crippen molar-refractivity contribution in [2.75, 3.05) is 25.1 Å². The molecule has 1 unspecified atom stereocenters. The fourth-order valence-electron chi connectivity index (χ4n) is 4.14. The van der Waals surface area contributed by atoms with Crippen molar-refractivity contribution in [3.8, 4) is 5.75 Å². The largest absolute Gasteiger partial charge is 0.496 e. The Morgan fingerprint density at radius 3 is 2.81 bits per heavy atom. The quantitative estimate of drug-likeness (QED) is 0.760. The van der Waals surface area contributed by atoms with E-state index in [2.05, 4.69) is 23.1 Å². The summed E-state index contributed by atoms with van der Waals surface area (Å²) in [4.78, 5) is 17.7. The maximum Gasteiger partial charge on any atom is 0.227 e. The van der Waals surface area contributed by atoms with E-state index in [1.54, 1.807) is 7.11 Å². The van der Waals surface area contributed by atoms with Gasteiger partial charge in [-0.25, -0.2) is 0 Å². The molecular weight excluding hydrogens is 356 g/mol. The summed E-state index contributed by atoms with van der Waals surface area (Å²) in [7, 11) is 1.68. The van der Waals surface area contributed by atoms with Gasteiger partial charge in [0.1, 0.15) is 10.7 Å². The molecule has 2 aromatic rings. The van der Waals surface area contributed by atoms with Crippen LogP contribution in [0.3, 0.4) is 0 Å². The summed E-state index contributed by atoms with van der Waals surface area (Å²) in [6, 6.07) is 14.5. The van der Waals surface area contributed by atoms with Gasteiger partial charge in [0.25, 0.3) is 0 Å². The average Bonchev–Trinajstić information content (AvgIpc) is 3.16. The first kappa shape index (κ1) is 18.0. The van der Waals surface area contributed by atoms with Crippen molar-refractivity contribution in [2.24, 2.45) is 0 Å². The van der Waals surface area contributed by atoms with Gasteiger partial charge in [-0.3, -0.25) is 4.79 Å². The second kappa shape index (κ2) is 7.31. The Labute approximate surface area is 165 Å². The fraction of sp³-hybridized carbons (Fsp3) is 0.364. The highest BCUT2D eigenvalue weighted by molar-refractivity contribution is 7.80. The van der Waals surface area contributed by atoms with Crippen molar-refractivity contribution >= 4 is 28.8 Å². The highest BCUT2D eigenvalue weighted by Gasteiger charge is 2.35. The number of rotatable bonds is 3. The summed E-state index contributed by atoms with van der Waals surface area (Å²) in [6.07, 6.45) is 2.35. The maximum absolute atomic E-state index is 12.7. The van der Waals surface area contributed by atoms with Gasteiger partial charge in [0, 0.05) is 25.2 Å². The minimum atomic E-state index is 0.161. The van der Waals surface area contributed by atoms with Crippen LogP contribution in [-0.2, 0) is 11.2 Å². The predicted molar refractivity (Wildman–Crippen MR) is 112 cm³/mol. The normalized spacial score (nSPS) is 19.2. The molecule has 0 aliphatic carbocycles. The molecule has 4 nitrogen and oxygen atoms in total. The molecule has 140 valence electrons. The number of carbonyl (C=O) groups is 1. The molecule has 2 aromatic carbocycles. The van der Waals surface area contributed by atoms with Gasteiger partial charge in [0.15, 0.2) is 0 Å². The lowest BCUT2D eigenvalue weighted by atomic mass is 9.99. The SMILES string of the molecule is COc1cc(C)ccc1C(=S)N1CCC(N2C(=O)CCc3ccccc32)C1. The van der Waals surface area contributed by atoms with E-state index in [0.29, 0.717) is 6.42 Å². The van der Waals surface area contributed by atoms with Crippen molar-refractivity contribution in [1.29, 1.82) is 0 Å². The van der Waals surface area contributed by atoms with Crippen molar-refractivity contribution in [3.05, 3.63) is 59.2 Å². The fourth-order valence-corrected chi connectivity index (χ4v) is 4.47. The number of para-hydroxylation sites is 1. The van der Waals surface area contributed by atoms with Crippen LogP contribution in [0.2, 0.25) is 0 Å². The maximum atomic E-state index is 12.7. The van der Waals surface area contributed by atoms with Crippen LogP contribution in [0.15, 0.2) is 42.5 Å². The van der Waals surface area contributed by atoms with Gasteiger partial charge in [-0.1, -0.05) is 36.5 Å². The van der Waals surface area contributed by atoms with Crippen molar-refractivity contribution in [2.45, 2.75) is 32.2 Å². The number of ether oxygens (including phenoxy) is 1. The Hall–Kier alpha value is -2.40. The summed E-state index contributed by atoms with van der Waals surface area (Å²) in [6.45, 7) is 3.66. The van der Waals surface area contributed by atoms with E-state index in [1.807, 2.05) is 36.1 Å². The third-order valence-corrected chi connectivity index (χ3v) is 6.01. The molecule has 0 saturated carbocycles. The van der Waals surface area contributed by atoms with E-state index in [4.69, 9.17) is 17.0 Å². The Morgan fingerprint density at radius 2 is 2.00 bits per heavy atom. The first-order valence-electron chi connectivity index (χ1n) is 9.42. The molecule has 0 radical (unpaired) electrons. The van der Waals surface area contributed by atoms with Gasteiger partial charge >= 0.3 is 0 Å². The first-order valence-corrected chi connectivity index (χ1v) is 9.83. The molecule has 1 atom stereocenters. The molecule has 1 amide bonds. The third kappa shape index (κ3) is 3.32. The molecule has 0 bridgehead atoms. The van der Waals surface area contributed by atoms with E-state index < -0.39 is 0 Å². The molecule has 5 heteroatoms. The van der Waals surface area contributed by atoms with Gasteiger partial charge in [-0.05, 0) is 49.1 Å². The topological polar surface area (TPSA) is 32.8 Å².